The van der Waals surface area contributed by atoms with E-state index in [0.717, 1.165) is 35.7 Å². The number of nitrogens with zero attached hydrogens (tertiary/aromatic N) is 2. The summed E-state index contributed by atoms with van der Waals surface area (Å²) in [6, 6.07) is 9.77. The van der Waals surface area contributed by atoms with Crippen molar-refractivity contribution in [1.82, 2.24) is 9.88 Å². The zero-order chi connectivity index (χ0) is 13.7. The van der Waals surface area contributed by atoms with Gasteiger partial charge in [-0.3, -0.25) is 9.78 Å². The van der Waals surface area contributed by atoms with Crippen LogP contribution >= 0.6 is 24.0 Å². The molecule has 5 heteroatoms. The first kappa shape index (κ1) is 14.4. The minimum Gasteiger partial charge on any atom is -0.331 e. The molecule has 3 heterocycles. The number of amides is 1. The Bertz CT molecular complexity index is 717. The highest BCUT2D eigenvalue weighted by Crippen LogP contribution is 2.38. The van der Waals surface area contributed by atoms with Crippen LogP contribution in [0.2, 0.25) is 5.02 Å². The van der Waals surface area contributed by atoms with Crippen LogP contribution in [-0.4, -0.2) is 22.3 Å². The van der Waals surface area contributed by atoms with E-state index in [4.69, 9.17) is 11.6 Å². The molecule has 21 heavy (non-hydrogen) atoms. The molecule has 1 aromatic heterocycles. The molecule has 0 saturated heterocycles. The maximum absolute atomic E-state index is 12.6. The number of carbonyl (C=O) groups is 1. The highest BCUT2D eigenvalue weighted by Gasteiger charge is 2.37. The van der Waals surface area contributed by atoms with Crippen molar-refractivity contribution < 1.29 is 4.79 Å². The van der Waals surface area contributed by atoms with Gasteiger partial charge in [-0.05, 0) is 41.8 Å². The van der Waals surface area contributed by atoms with Crippen LogP contribution in [0.3, 0.4) is 0 Å². The van der Waals surface area contributed by atoms with E-state index < -0.39 is 0 Å². The first-order valence-corrected chi connectivity index (χ1v) is 7.15. The van der Waals surface area contributed by atoms with Gasteiger partial charge in [0.25, 0.3) is 5.91 Å². The predicted molar refractivity (Wildman–Crippen MR) is 84.1 cm³/mol. The van der Waals surface area contributed by atoms with Crippen LogP contribution < -0.4 is 0 Å². The lowest BCUT2D eigenvalue weighted by Crippen LogP contribution is -2.44. The van der Waals surface area contributed by atoms with E-state index in [1.165, 1.54) is 11.1 Å². The smallest absolute Gasteiger partial charge is 0.256 e. The van der Waals surface area contributed by atoms with Crippen molar-refractivity contribution in [1.29, 1.82) is 0 Å². The second-order valence-electron chi connectivity index (χ2n) is 5.31. The summed E-state index contributed by atoms with van der Waals surface area (Å²) in [6.07, 6.45) is 3.42. The summed E-state index contributed by atoms with van der Waals surface area (Å²) in [5.41, 5.74) is 4.11. The average molecular weight is 321 g/mol. The molecule has 4 rings (SSSR count). The number of pyridine rings is 1. The number of rotatable bonds is 0. The zero-order valence-electron chi connectivity index (χ0n) is 11.3. The Kier molecular flexibility index (Phi) is 3.64. The summed E-state index contributed by atoms with van der Waals surface area (Å²) in [4.78, 5) is 18.9. The maximum atomic E-state index is 12.6. The van der Waals surface area contributed by atoms with Gasteiger partial charge in [0.15, 0.2) is 0 Å². The summed E-state index contributed by atoms with van der Waals surface area (Å²) in [5, 5.41) is 0.727. The van der Waals surface area contributed by atoms with Crippen molar-refractivity contribution in [2.24, 2.45) is 0 Å². The van der Waals surface area contributed by atoms with Crippen molar-refractivity contribution in [2.75, 3.05) is 6.54 Å². The molecule has 0 fully saturated rings. The Hall–Kier alpha value is -1.58. The minimum absolute atomic E-state index is 0. The highest BCUT2D eigenvalue weighted by atomic mass is 35.5. The molecule has 0 bridgehead atoms. The minimum atomic E-state index is 0. The van der Waals surface area contributed by atoms with Gasteiger partial charge in [0, 0.05) is 24.2 Å². The van der Waals surface area contributed by atoms with Gasteiger partial charge in [-0.25, -0.2) is 0 Å². The van der Waals surface area contributed by atoms with Crippen LogP contribution in [0.4, 0.5) is 0 Å². The lowest BCUT2D eigenvalue weighted by Gasteiger charge is -2.40. The first-order valence-electron chi connectivity index (χ1n) is 6.77. The number of fused-ring (bicyclic) bond motifs is 4. The topological polar surface area (TPSA) is 33.2 Å². The molecule has 0 aliphatic carbocycles. The monoisotopic (exact) mass is 320 g/mol. The fourth-order valence-corrected chi connectivity index (χ4v) is 3.45. The summed E-state index contributed by atoms with van der Waals surface area (Å²) >= 11 is 6.13. The molecule has 2 aromatic rings. The molecule has 2 aliphatic heterocycles. The molecular formula is C16H14Cl2N2O. The number of aromatic nitrogens is 1. The number of benzene rings is 1. The summed E-state index contributed by atoms with van der Waals surface area (Å²) in [5.74, 6) is 0.0926. The van der Waals surface area contributed by atoms with Gasteiger partial charge in [-0.15, -0.1) is 12.4 Å². The van der Waals surface area contributed by atoms with Crippen LogP contribution in [0.5, 0.6) is 0 Å². The molecule has 1 amide bonds. The third-order valence-electron chi connectivity index (χ3n) is 4.23. The van der Waals surface area contributed by atoms with E-state index in [2.05, 4.69) is 11.1 Å². The van der Waals surface area contributed by atoms with Crippen molar-refractivity contribution in [3.05, 3.63) is 63.9 Å². The lowest BCUT2D eigenvalue weighted by atomic mass is 9.86. The van der Waals surface area contributed by atoms with Gasteiger partial charge in [0.1, 0.15) is 0 Å². The van der Waals surface area contributed by atoms with Crippen LogP contribution in [0.25, 0.3) is 0 Å². The molecule has 2 aliphatic rings. The van der Waals surface area contributed by atoms with Gasteiger partial charge in [-0.2, -0.15) is 0 Å². The van der Waals surface area contributed by atoms with E-state index in [9.17, 15) is 4.79 Å². The first-order chi connectivity index (χ1) is 9.74. The summed E-state index contributed by atoms with van der Waals surface area (Å²) in [7, 11) is 0. The van der Waals surface area contributed by atoms with E-state index >= 15 is 0 Å². The average Bonchev–Trinajstić information content (AvgIpc) is 2.47. The van der Waals surface area contributed by atoms with E-state index in [1.54, 1.807) is 6.20 Å². The quantitative estimate of drug-likeness (QED) is 0.744. The number of carbonyl (C=O) groups excluding carboxylic acids is 1. The molecule has 108 valence electrons. The summed E-state index contributed by atoms with van der Waals surface area (Å²) in [6.45, 7) is 0.770. The Morgan fingerprint density at radius 2 is 2.14 bits per heavy atom. The fourth-order valence-electron chi connectivity index (χ4n) is 3.26. The summed E-state index contributed by atoms with van der Waals surface area (Å²) < 4.78 is 0. The largest absolute Gasteiger partial charge is 0.331 e. The van der Waals surface area contributed by atoms with Crippen molar-refractivity contribution in [3.8, 4) is 0 Å². The van der Waals surface area contributed by atoms with Gasteiger partial charge < -0.3 is 4.90 Å². The third kappa shape index (κ3) is 2.21. The molecule has 3 nitrogen and oxygen atoms in total. The van der Waals surface area contributed by atoms with Crippen LogP contribution in [0.15, 0.2) is 36.5 Å². The van der Waals surface area contributed by atoms with E-state index in [-0.39, 0.29) is 24.4 Å². The Balaban J connectivity index is 0.00000132. The molecule has 1 atom stereocenters. The predicted octanol–water partition coefficient (Wildman–Crippen LogP) is 3.45. The maximum Gasteiger partial charge on any atom is 0.256 e. The van der Waals surface area contributed by atoms with Crippen molar-refractivity contribution in [3.63, 3.8) is 0 Å². The van der Waals surface area contributed by atoms with Crippen molar-refractivity contribution >= 4 is 29.9 Å². The Morgan fingerprint density at radius 1 is 1.29 bits per heavy atom. The zero-order valence-corrected chi connectivity index (χ0v) is 12.8. The van der Waals surface area contributed by atoms with Gasteiger partial charge in [-0.1, -0.05) is 17.7 Å². The second-order valence-corrected chi connectivity index (χ2v) is 5.75. The molecule has 1 unspecified atom stereocenters. The van der Waals surface area contributed by atoms with Crippen LogP contribution in [-0.2, 0) is 12.8 Å². The number of hydrogen-bond acceptors (Lipinski definition) is 2. The molecule has 0 radical (unpaired) electrons. The molecule has 0 spiro atoms. The number of hydrogen-bond donors (Lipinski definition) is 0. The molecule has 0 saturated carbocycles. The highest BCUT2D eigenvalue weighted by molar-refractivity contribution is 6.30. The normalized spacial score (nSPS) is 19.2. The SMILES string of the molecule is Cl.O=C1c2cccnc2CC2c3cc(Cl)ccc3CCN12. The molecule has 1 aromatic carbocycles. The Morgan fingerprint density at radius 3 is 3.00 bits per heavy atom. The standard InChI is InChI=1S/C16H13ClN2O.ClH/c17-11-4-3-10-5-7-19-15(13(10)8-11)9-14-12(16(19)20)2-1-6-18-14;/h1-4,6,8,15H,5,7,9H2;1H. The Labute approximate surface area is 134 Å². The fraction of sp³-hybridized carbons (Fsp3) is 0.250. The van der Waals surface area contributed by atoms with E-state index in [0.29, 0.717) is 0 Å². The van der Waals surface area contributed by atoms with Crippen LogP contribution in [0, 0.1) is 0 Å². The second kappa shape index (κ2) is 5.32. The van der Waals surface area contributed by atoms with Gasteiger partial charge in [0.05, 0.1) is 17.3 Å². The van der Waals surface area contributed by atoms with Gasteiger partial charge in [0.2, 0.25) is 0 Å². The lowest BCUT2D eigenvalue weighted by molar-refractivity contribution is 0.0629. The molecule has 0 N–H and O–H groups in total. The molecular weight excluding hydrogens is 307 g/mol. The third-order valence-corrected chi connectivity index (χ3v) is 4.47. The van der Waals surface area contributed by atoms with E-state index in [1.807, 2.05) is 29.2 Å². The van der Waals surface area contributed by atoms with Crippen LogP contribution in [0.1, 0.15) is 33.2 Å². The number of halogens is 2. The van der Waals surface area contributed by atoms with Gasteiger partial charge >= 0.3 is 0 Å². The van der Waals surface area contributed by atoms with Crippen molar-refractivity contribution in [2.45, 2.75) is 18.9 Å².